The smallest absolute Gasteiger partial charge is 0.143 e. The number of hydrogen-bond donors (Lipinski definition) is 0. The molecule has 0 spiro atoms. The minimum absolute atomic E-state index is 0. The van der Waals surface area contributed by atoms with E-state index in [0.29, 0.717) is 28.6 Å². The van der Waals surface area contributed by atoms with E-state index >= 15 is 0 Å². The molecule has 7 nitrogen and oxygen atoms in total. The van der Waals surface area contributed by atoms with Gasteiger partial charge < -0.3 is 28.3 Å². The SMILES string of the molecule is [2H]C([2H])([2H])N1[CH-]N(c2[c-]c(Oc3[c-]c4c(cc3)c3cccc5c3n4c3ncccc3c3cccc4c6ccccc6n5c43)cnc2)c2ccccc21.[Pt]. The summed E-state index contributed by atoms with van der Waals surface area (Å²) in [6.07, 6.45) is 5.06. The summed E-state index contributed by atoms with van der Waals surface area (Å²) >= 11 is 0. The zero-order chi connectivity index (χ0) is 34.7. The predicted molar refractivity (Wildman–Crippen MR) is 197 cm³/mol. The van der Waals surface area contributed by atoms with E-state index in [2.05, 4.69) is 98.7 Å². The molecule has 5 aromatic heterocycles. The molecule has 0 fully saturated rings. The fraction of sp³-hybridized carbons (Fsp3) is 0.0238. The fourth-order valence-electron chi connectivity index (χ4n) is 7.64. The van der Waals surface area contributed by atoms with Gasteiger partial charge >= 0.3 is 0 Å². The van der Waals surface area contributed by atoms with E-state index in [1.54, 1.807) is 30.0 Å². The summed E-state index contributed by atoms with van der Waals surface area (Å²) in [6.45, 7) is -0.803. The van der Waals surface area contributed by atoms with E-state index in [1.807, 2.05) is 36.5 Å². The van der Waals surface area contributed by atoms with Crippen LogP contribution in [0.2, 0.25) is 0 Å². The van der Waals surface area contributed by atoms with Crippen molar-refractivity contribution in [3.05, 3.63) is 147 Å². The van der Waals surface area contributed by atoms with E-state index < -0.39 is 6.98 Å². The molecule has 8 heteroatoms. The van der Waals surface area contributed by atoms with Gasteiger partial charge in [-0.1, -0.05) is 78.1 Å². The average Bonchev–Trinajstić information content (AvgIpc) is 3.83. The van der Waals surface area contributed by atoms with Crippen molar-refractivity contribution in [1.82, 2.24) is 18.8 Å². The minimum atomic E-state index is -2.36. The average molecular weight is 828 g/mol. The summed E-state index contributed by atoms with van der Waals surface area (Å²) in [5.74, 6) is 0.844. The maximum absolute atomic E-state index is 8.06. The second kappa shape index (κ2) is 10.8. The Morgan fingerprint density at radius 3 is 2.28 bits per heavy atom. The summed E-state index contributed by atoms with van der Waals surface area (Å²) in [6, 6.07) is 43.8. The van der Waals surface area contributed by atoms with Crippen LogP contribution in [0.15, 0.2) is 128 Å². The number of hydrogen-bond acceptors (Lipinski definition) is 5. The van der Waals surface area contributed by atoms with Gasteiger partial charge in [-0.25, -0.2) is 4.98 Å². The summed E-state index contributed by atoms with van der Waals surface area (Å²) in [5, 5.41) is 6.60. The Labute approximate surface area is 305 Å². The first-order chi connectivity index (χ1) is 25.4. The predicted octanol–water partition coefficient (Wildman–Crippen LogP) is 9.85. The molecule has 0 saturated carbocycles. The number of nitrogens with zero attached hydrogens (tertiary/aromatic N) is 6. The van der Waals surface area contributed by atoms with Crippen molar-refractivity contribution in [2.75, 3.05) is 16.8 Å². The molecule has 0 bridgehead atoms. The van der Waals surface area contributed by atoms with Crippen molar-refractivity contribution in [2.45, 2.75) is 0 Å². The zero-order valence-electron chi connectivity index (χ0n) is 29.1. The molecule has 50 heavy (non-hydrogen) atoms. The summed E-state index contributed by atoms with van der Waals surface area (Å²) in [5.41, 5.74) is 7.83. The largest absolute Gasteiger partial charge is 0.508 e. The molecule has 11 rings (SSSR count). The molecule has 0 unspecified atom stereocenters. The first kappa shape index (κ1) is 26.0. The number of pyridine rings is 2. The van der Waals surface area contributed by atoms with Gasteiger partial charge in [-0.2, -0.15) is 12.7 Å². The Balaban J connectivity index is 0.00000349. The fourth-order valence-corrected chi connectivity index (χ4v) is 7.64. The molecule has 0 atom stereocenters. The number of anilines is 3. The van der Waals surface area contributed by atoms with Gasteiger partial charge in [0.05, 0.1) is 22.1 Å². The maximum Gasteiger partial charge on any atom is 0.143 e. The summed E-state index contributed by atoms with van der Waals surface area (Å²) in [7, 11) is 0. The number of rotatable bonds is 3. The molecule has 0 radical (unpaired) electrons. The zero-order valence-corrected chi connectivity index (χ0v) is 28.4. The van der Waals surface area contributed by atoms with Crippen LogP contribution in [0, 0.1) is 18.8 Å². The summed E-state index contributed by atoms with van der Waals surface area (Å²) in [4.78, 5) is 12.5. The Morgan fingerprint density at radius 1 is 0.640 bits per heavy atom. The van der Waals surface area contributed by atoms with Gasteiger partial charge in [-0.3, -0.25) is 0 Å². The Hall–Kier alpha value is -5.91. The van der Waals surface area contributed by atoms with E-state index in [9.17, 15) is 0 Å². The van der Waals surface area contributed by atoms with Crippen molar-refractivity contribution in [1.29, 1.82) is 0 Å². The van der Waals surface area contributed by atoms with Gasteiger partial charge in [0.15, 0.2) is 0 Å². The number of aromatic nitrogens is 4. The van der Waals surface area contributed by atoms with Crippen molar-refractivity contribution in [3.63, 3.8) is 0 Å². The molecule has 0 aliphatic carbocycles. The van der Waals surface area contributed by atoms with Crippen molar-refractivity contribution in [2.24, 2.45) is 0 Å². The molecule has 5 aromatic carbocycles. The van der Waals surface area contributed by atoms with E-state index in [1.165, 1.54) is 15.7 Å². The van der Waals surface area contributed by atoms with E-state index in [4.69, 9.17) is 13.8 Å². The molecule has 0 N–H and O–H groups in total. The number of para-hydroxylation sites is 5. The molecule has 0 amide bonds. The van der Waals surface area contributed by atoms with E-state index in [0.717, 1.165) is 54.8 Å². The molecule has 1 aliphatic heterocycles. The third-order valence-corrected chi connectivity index (χ3v) is 9.63. The van der Waals surface area contributed by atoms with Crippen LogP contribution in [-0.4, -0.2) is 25.7 Å². The van der Waals surface area contributed by atoms with Crippen molar-refractivity contribution in [3.8, 4) is 11.5 Å². The third kappa shape index (κ3) is 3.95. The van der Waals surface area contributed by atoms with Crippen LogP contribution in [0.1, 0.15) is 4.11 Å². The summed E-state index contributed by atoms with van der Waals surface area (Å²) < 4.78 is 35.2. The van der Waals surface area contributed by atoms with Gasteiger partial charge in [0.25, 0.3) is 0 Å². The number of benzene rings is 5. The standard InChI is InChI=1S/C42H25N6O.Pt/c1-45-25-46(37-16-5-4-15-36(37)45)26-21-28(24-43-23-26)49-27-18-19-30-32-12-7-17-38-41(32)48(39(30)22-27)42-34(13-8-20-44-42)33-11-6-10-31-29-9-2-3-14-35(29)47(38)40(31)33;/h2-20,23-25H,1H3;/q-3;/i1D3;. The molecular weight excluding hydrogens is 800 g/mol. The van der Waals surface area contributed by atoms with Gasteiger partial charge in [-0.15, -0.1) is 23.6 Å². The van der Waals surface area contributed by atoms with Gasteiger partial charge in [-0.05, 0) is 55.0 Å². The van der Waals surface area contributed by atoms with Crippen LogP contribution in [0.5, 0.6) is 11.5 Å². The number of fused-ring (bicyclic) bond motifs is 11. The van der Waals surface area contributed by atoms with Gasteiger partial charge in [0, 0.05) is 75.8 Å². The van der Waals surface area contributed by atoms with Crippen molar-refractivity contribution >= 4 is 82.6 Å². The van der Waals surface area contributed by atoms with Gasteiger partial charge in [0.2, 0.25) is 0 Å². The van der Waals surface area contributed by atoms with E-state index in [-0.39, 0.29) is 21.1 Å². The molecule has 0 saturated heterocycles. The molecular formula is C42H25N6OPt-3. The van der Waals surface area contributed by atoms with Crippen LogP contribution >= 0.6 is 0 Å². The molecule has 6 heterocycles. The Bertz CT molecular complexity index is 3120. The van der Waals surface area contributed by atoms with Crippen molar-refractivity contribution < 1.29 is 29.9 Å². The minimum Gasteiger partial charge on any atom is -0.508 e. The topological polar surface area (TPSA) is 50.3 Å². The second-order valence-corrected chi connectivity index (χ2v) is 12.3. The van der Waals surface area contributed by atoms with Crippen LogP contribution in [0.25, 0.3) is 65.5 Å². The first-order valence-electron chi connectivity index (χ1n) is 17.5. The third-order valence-electron chi connectivity index (χ3n) is 9.63. The molecule has 1 aliphatic rings. The number of ether oxygens (including phenoxy) is 1. The molecule has 242 valence electrons. The van der Waals surface area contributed by atoms with Gasteiger partial charge in [0.1, 0.15) is 5.65 Å². The van der Waals surface area contributed by atoms with Crippen LogP contribution in [0.3, 0.4) is 0 Å². The maximum atomic E-state index is 8.06. The first-order valence-corrected chi connectivity index (χ1v) is 16.0. The normalized spacial score (nSPS) is 14.1. The quantitative estimate of drug-likeness (QED) is 0.166. The monoisotopic (exact) mass is 827 g/mol. The Morgan fingerprint density at radius 2 is 1.38 bits per heavy atom. The van der Waals surface area contributed by atoms with Crippen LogP contribution in [0.4, 0.5) is 17.1 Å². The van der Waals surface area contributed by atoms with Crippen LogP contribution in [-0.2, 0) is 21.1 Å². The van der Waals surface area contributed by atoms with Crippen LogP contribution < -0.4 is 14.5 Å². The molecule has 10 aromatic rings. The second-order valence-electron chi connectivity index (χ2n) is 12.3. The Kier molecular flexibility index (Phi) is 5.62.